The van der Waals surface area contributed by atoms with Crippen LogP contribution in [0.3, 0.4) is 0 Å². The van der Waals surface area contributed by atoms with Crippen LogP contribution in [0.1, 0.15) is 31.1 Å². The summed E-state index contributed by atoms with van der Waals surface area (Å²) in [4.78, 5) is 13.3. The maximum absolute atomic E-state index is 12.6. The Morgan fingerprint density at radius 3 is 2.81 bits per heavy atom. The summed E-state index contributed by atoms with van der Waals surface area (Å²) in [6, 6.07) is 5.57. The van der Waals surface area contributed by atoms with E-state index in [-0.39, 0.29) is 25.7 Å². The summed E-state index contributed by atoms with van der Waals surface area (Å²) in [6.07, 6.45) is 1.53. The number of fused-ring (bicyclic) bond motifs is 1. The first-order chi connectivity index (χ1) is 12.4. The van der Waals surface area contributed by atoms with Crippen molar-refractivity contribution in [3.63, 3.8) is 0 Å². The predicted octanol–water partition coefficient (Wildman–Crippen LogP) is 2.38. The molecule has 26 heavy (non-hydrogen) atoms. The Morgan fingerprint density at radius 2 is 2.19 bits per heavy atom. The second-order valence-electron chi connectivity index (χ2n) is 6.67. The second kappa shape index (κ2) is 7.25. The van der Waals surface area contributed by atoms with E-state index in [1.165, 1.54) is 0 Å². The number of ether oxygens (including phenoxy) is 1. The molecule has 1 amide bonds. The molecule has 2 aromatic rings. The van der Waals surface area contributed by atoms with Gasteiger partial charge in [0.1, 0.15) is 23.7 Å². The lowest BCUT2D eigenvalue weighted by molar-refractivity contribution is -0.123. The number of hydrogen-bond acceptors (Lipinski definition) is 6. The van der Waals surface area contributed by atoms with E-state index < -0.39 is 5.41 Å². The lowest BCUT2D eigenvalue weighted by Gasteiger charge is -2.15. The third-order valence-electron chi connectivity index (χ3n) is 4.73. The number of nitrogens with one attached hydrogen (secondary N) is 1. The number of nitrogens with two attached hydrogens (primary N) is 1. The van der Waals surface area contributed by atoms with Gasteiger partial charge in [0, 0.05) is 28.1 Å². The Hall–Kier alpha value is -2.12. The second-order valence-corrected chi connectivity index (χ2v) is 7.21. The van der Waals surface area contributed by atoms with E-state index in [0.29, 0.717) is 16.4 Å². The summed E-state index contributed by atoms with van der Waals surface area (Å²) in [5.41, 5.74) is 7.37. The van der Waals surface area contributed by atoms with Gasteiger partial charge in [0.25, 0.3) is 0 Å². The SMILES string of the molecule is C/C(N)=C(/S)COc1ccc2oc(C)c(C3(C(=O)NCCO)CC3)c2c1. The first kappa shape index (κ1) is 18.7. The zero-order chi connectivity index (χ0) is 18.9. The number of hydrogen-bond donors (Lipinski definition) is 4. The zero-order valence-electron chi connectivity index (χ0n) is 15.0. The summed E-state index contributed by atoms with van der Waals surface area (Å²) < 4.78 is 11.6. The molecule has 0 unspecified atom stereocenters. The van der Waals surface area contributed by atoms with Crippen molar-refractivity contribution in [1.29, 1.82) is 0 Å². The molecule has 1 aliphatic rings. The van der Waals surface area contributed by atoms with Crippen LogP contribution in [-0.2, 0) is 10.2 Å². The van der Waals surface area contributed by atoms with Gasteiger partial charge in [-0.05, 0) is 44.9 Å². The molecular formula is C19H24N2O4S. The summed E-state index contributed by atoms with van der Waals surface area (Å²) >= 11 is 4.31. The molecule has 0 aliphatic heterocycles. The van der Waals surface area contributed by atoms with Gasteiger partial charge in [-0.2, -0.15) is 0 Å². The average Bonchev–Trinajstić information content (AvgIpc) is 3.34. The molecular weight excluding hydrogens is 352 g/mol. The molecule has 1 aliphatic carbocycles. The van der Waals surface area contributed by atoms with E-state index in [0.717, 1.165) is 35.1 Å². The Bertz CT molecular complexity index is 864. The van der Waals surface area contributed by atoms with Crippen molar-refractivity contribution in [3.8, 4) is 5.75 Å². The van der Waals surface area contributed by atoms with Gasteiger partial charge in [-0.3, -0.25) is 4.79 Å². The lowest BCUT2D eigenvalue weighted by Crippen LogP contribution is -2.36. The molecule has 0 saturated heterocycles. The lowest BCUT2D eigenvalue weighted by atomic mass is 9.92. The number of allylic oxidation sites excluding steroid dienone is 1. The number of carbonyl (C=O) groups is 1. The van der Waals surface area contributed by atoms with Crippen LogP contribution in [-0.4, -0.2) is 30.8 Å². The van der Waals surface area contributed by atoms with Crippen molar-refractivity contribution < 1.29 is 19.1 Å². The van der Waals surface area contributed by atoms with Crippen LogP contribution in [0.2, 0.25) is 0 Å². The van der Waals surface area contributed by atoms with E-state index in [2.05, 4.69) is 17.9 Å². The quantitative estimate of drug-likeness (QED) is 0.556. The third kappa shape index (κ3) is 3.41. The van der Waals surface area contributed by atoms with E-state index in [1.54, 1.807) is 6.92 Å². The largest absolute Gasteiger partial charge is 0.488 e. The minimum absolute atomic E-state index is 0.0667. The van der Waals surface area contributed by atoms with Crippen molar-refractivity contribution in [2.24, 2.45) is 5.73 Å². The fraction of sp³-hybridized carbons (Fsp3) is 0.421. The Kier molecular flexibility index (Phi) is 5.20. The van der Waals surface area contributed by atoms with E-state index >= 15 is 0 Å². The smallest absolute Gasteiger partial charge is 0.230 e. The molecule has 0 bridgehead atoms. The van der Waals surface area contributed by atoms with Gasteiger partial charge in [0.05, 0.1) is 12.0 Å². The fourth-order valence-electron chi connectivity index (χ4n) is 3.20. The molecule has 1 heterocycles. The number of amides is 1. The van der Waals surface area contributed by atoms with E-state index in [9.17, 15) is 4.79 Å². The van der Waals surface area contributed by atoms with E-state index in [1.807, 2.05) is 25.1 Å². The molecule has 0 radical (unpaired) electrons. The van der Waals surface area contributed by atoms with Gasteiger partial charge in [-0.1, -0.05) is 0 Å². The number of furan rings is 1. The van der Waals surface area contributed by atoms with Crippen LogP contribution >= 0.6 is 12.6 Å². The Labute approximate surface area is 157 Å². The number of carbonyl (C=O) groups excluding carboxylic acids is 1. The van der Waals surface area contributed by atoms with Gasteiger partial charge in [0.15, 0.2) is 0 Å². The van der Waals surface area contributed by atoms with E-state index in [4.69, 9.17) is 20.0 Å². The van der Waals surface area contributed by atoms with Crippen molar-refractivity contribution in [2.45, 2.75) is 32.1 Å². The highest BCUT2D eigenvalue weighted by molar-refractivity contribution is 7.84. The number of aliphatic hydroxyl groups is 1. The van der Waals surface area contributed by atoms with Crippen molar-refractivity contribution in [1.82, 2.24) is 5.32 Å². The molecule has 0 spiro atoms. The summed E-state index contributed by atoms with van der Waals surface area (Å²) in [6.45, 7) is 4.10. The van der Waals surface area contributed by atoms with Gasteiger partial charge >= 0.3 is 0 Å². The monoisotopic (exact) mass is 376 g/mol. The molecule has 7 heteroatoms. The minimum Gasteiger partial charge on any atom is -0.488 e. The number of aliphatic hydroxyl groups excluding tert-OH is 1. The standard InChI is InChI=1S/C19H24N2O4S/c1-11(20)16(26)10-24-13-3-4-15-14(9-13)17(12(2)25-15)19(5-6-19)18(23)21-7-8-22/h3-4,9,22,26H,5-8,10,20H2,1-2H3,(H,21,23)/b16-11-. The average molecular weight is 376 g/mol. The summed E-state index contributed by atoms with van der Waals surface area (Å²) in [5.74, 6) is 1.34. The number of benzene rings is 1. The van der Waals surface area contributed by atoms with Gasteiger partial charge in [-0.25, -0.2) is 0 Å². The molecule has 140 valence electrons. The molecule has 1 aromatic carbocycles. The third-order valence-corrected chi connectivity index (χ3v) is 5.21. The highest BCUT2D eigenvalue weighted by Gasteiger charge is 2.53. The fourth-order valence-corrected chi connectivity index (χ4v) is 3.27. The predicted molar refractivity (Wildman–Crippen MR) is 103 cm³/mol. The molecule has 6 nitrogen and oxygen atoms in total. The van der Waals surface area contributed by atoms with Crippen LogP contribution in [0.5, 0.6) is 5.75 Å². The molecule has 1 fully saturated rings. The van der Waals surface area contributed by atoms with Crippen LogP contribution in [0.25, 0.3) is 11.0 Å². The van der Waals surface area contributed by atoms with Crippen molar-refractivity contribution in [2.75, 3.05) is 19.8 Å². The van der Waals surface area contributed by atoms with Gasteiger partial charge in [-0.15, -0.1) is 12.6 Å². The van der Waals surface area contributed by atoms with Crippen LogP contribution in [0.4, 0.5) is 0 Å². The highest BCUT2D eigenvalue weighted by Crippen LogP contribution is 2.53. The topological polar surface area (TPSA) is 97.7 Å². The van der Waals surface area contributed by atoms with Crippen LogP contribution < -0.4 is 15.8 Å². The number of rotatable bonds is 7. The van der Waals surface area contributed by atoms with Crippen LogP contribution in [0, 0.1) is 6.92 Å². The minimum atomic E-state index is -0.578. The zero-order valence-corrected chi connectivity index (χ0v) is 15.9. The normalized spacial score (nSPS) is 16.3. The Morgan fingerprint density at radius 1 is 1.46 bits per heavy atom. The maximum atomic E-state index is 12.6. The molecule has 0 atom stereocenters. The molecule has 1 aromatic heterocycles. The number of thiol groups is 1. The Balaban J connectivity index is 1.93. The number of aryl methyl sites for hydroxylation is 1. The van der Waals surface area contributed by atoms with Crippen LogP contribution in [0.15, 0.2) is 33.2 Å². The summed E-state index contributed by atoms with van der Waals surface area (Å²) in [7, 11) is 0. The highest BCUT2D eigenvalue weighted by atomic mass is 32.1. The first-order valence-corrected chi connectivity index (χ1v) is 9.03. The summed E-state index contributed by atoms with van der Waals surface area (Å²) in [5, 5.41) is 12.6. The molecule has 4 N–H and O–H groups in total. The maximum Gasteiger partial charge on any atom is 0.230 e. The van der Waals surface area contributed by atoms with Gasteiger partial charge in [0.2, 0.25) is 5.91 Å². The first-order valence-electron chi connectivity index (χ1n) is 8.59. The van der Waals surface area contributed by atoms with Crippen molar-refractivity contribution >= 4 is 29.5 Å². The molecule has 3 rings (SSSR count). The van der Waals surface area contributed by atoms with Gasteiger partial charge < -0.3 is 25.3 Å². The van der Waals surface area contributed by atoms with Crippen molar-refractivity contribution in [3.05, 3.63) is 40.1 Å². The molecule has 1 saturated carbocycles.